The number of thiazole rings is 1. The van der Waals surface area contributed by atoms with Crippen molar-refractivity contribution in [1.29, 1.82) is 0 Å². The SMILES string of the molecule is CCOCCn1c(=NC(=O)c2cc(OC)cc(OC)c2)sc2cccc(F)c21. The smallest absolute Gasteiger partial charge is 0.279 e. The van der Waals surface area contributed by atoms with Crippen molar-refractivity contribution in [3.63, 3.8) is 0 Å². The first-order chi connectivity index (χ1) is 13.6. The fourth-order valence-electron chi connectivity index (χ4n) is 2.76. The third-order valence-corrected chi connectivity index (χ3v) is 5.15. The zero-order chi connectivity index (χ0) is 20.1. The summed E-state index contributed by atoms with van der Waals surface area (Å²) in [6.07, 6.45) is 0. The molecule has 0 unspecified atom stereocenters. The van der Waals surface area contributed by atoms with E-state index in [-0.39, 0.29) is 5.82 Å². The van der Waals surface area contributed by atoms with Gasteiger partial charge in [-0.25, -0.2) is 4.39 Å². The Morgan fingerprint density at radius 1 is 1.18 bits per heavy atom. The van der Waals surface area contributed by atoms with Crippen LogP contribution in [0.1, 0.15) is 17.3 Å². The van der Waals surface area contributed by atoms with Crippen LogP contribution in [0.3, 0.4) is 0 Å². The molecule has 0 spiro atoms. The minimum absolute atomic E-state index is 0.325. The van der Waals surface area contributed by atoms with Crippen molar-refractivity contribution in [1.82, 2.24) is 4.57 Å². The summed E-state index contributed by atoms with van der Waals surface area (Å²) in [6.45, 7) is 3.23. The lowest BCUT2D eigenvalue weighted by Crippen LogP contribution is -2.20. The first-order valence-corrected chi connectivity index (χ1v) is 9.56. The Balaban J connectivity index is 2.09. The summed E-state index contributed by atoms with van der Waals surface area (Å²) in [5, 5.41) is 0. The number of halogens is 1. The predicted octanol–water partition coefficient (Wildman–Crippen LogP) is 3.64. The summed E-state index contributed by atoms with van der Waals surface area (Å²) >= 11 is 1.26. The molecule has 0 aliphatic rings. The van der Waals surface area contributed by atoms with E-state index in [1.54, 1.807) is 34.9 Å². The Morgan fingerprint density at radius 3 is 2.54 bits per heavy atom. The van der Waals surface area contributed by atoms with Crippen molar-refractivity contribution >= 4 is 27.5 Å². The molecule has 0 fully saturated rings. The molecular weight excluding hydrogens is 383 g/mol. The summed E-state index contributed by atoms with van der Waals surface area (Å²) in [7, 11) is 3.02. The normalized spacial score (nSPS) is 11.8. The molecule has 3 rings (SSSR count). The van der Waals surface area contributed by atoms with E-state index in [4.69, 9.17) is 14.2 Å². The molecule has 148 valence electrons. The van der Waals surface area contributed by atoms with Gasteiger partial charge in [-0.3, -0.25) is 4.79 Å². The average Bonchev–Trinajstić information content (AvgIpc) is 3.06. The lowest BCUT2D eigenvalue weighted by Gasteiger charge is -2.07. The van der Waals surface area contributed by atoms with Crippen molar-refractivity contribution < 1.29 is 23.4 Å². The second-order valence-corrected chi connectivity index (χ2v) is 6.85. The monoisotopic (exact) mass is 404 g/mol. The van der Waals surface area contributed by atoms with E-state index >= 15 is 0 Å². The quantitative estimate of drug-likeness (QED) is 0.564. The molecule has 0 radical (unpaired) electrons. The van der Waals surface area contributed by atoms with Gasteiger partial charge < -0.3 is 18.8 Å². The molecule has 2 aromatic carbocycles. The Hall–Kier alpha value is -2.71. The molecule has 6 nitrogen and oxygen atoms in total. The standard InChI is InChI=1S/C20H21FN2O4S/c1-4-27-9-8-23-18-16(21)6-5-7-17(18)28-20(23)22-19(24)13-10-14(25-2)12-15(11-13)26-3/h5-7,10-12H,4,8-9H2,1-3H3. The fraction of sp³-hybridized carbons (Fsp3) is 0.300. The highest BCUT2D eigenvalue weighted by molar-refractivity contribution is 7.16. The Kier molecular flexibility index (Phi) is 6.43. The van der Waals surface area contributed by atoms with Gasteiger partial charge in [-0.2, -0.15) is 4.99 Å². The summed E-state index contributed by atoms with van der Waals surface area (Å²) in [4.78, 5) is 17.4. The number of benzene rings is 2. The molecule has 0 saturated carbocycles. The van der Waals surface area contributed by atoms with E-state index in [1.165, 1.54) is 31.6 Å². The van der Waals surface area contributed by atoms with Crippen LogP contribution in [0.25, 0.3) is 10.2 Å². The van der Waals surface area contributed by atoms with Crippen molar-refractivity contribution in [3.8, 4) is 11.5 Å². The molecular formula is C20H21FN2O4S. The summed E-state index contributed by atoms with van der Waals surface area (Å²) < 4.78 is 32.6. The topological polar surface area (TPSA) is 62.1 Å². The van der Waals surface area contributed by atoms with Gasteiger partial charge >= 0.3 is 0 Å². The highest BCUT2D eigenvalue weighted by Gasteiger charge is 2.14. The highest BCUT2D eigenvalue weighted by atomic mass is 32.1. The zero-order valence-corrected chi connectivity index (χ0v) is 16.7. The van der Waals surface area contributed by atoms with Crippen LogP contribution in [0.4, 0.5) is 4.39 Å². The lowest BCUT2D eigenvalue weighted by molar-refractivity contribution is 0.0996. The van der Waals surface area contributed by atoms with E-state index in [0.29, 0.717) is 51.8 Å². The van der Waals surface area contributed by atoms with Gasteiger partial charge in [0, 0.05) is 24.8 Å². The number of para-hydroxylation sites is 1. The van der Waals surface area contributed by atoms with Crippen molar-refractivity contribution in [2.24, 2.45) is 4.99 Å². The van der Waals surface area contributed by atoms with E-state index in [2.05, 4.69) is 4.99 Å². The van der Waals surface area contributed by atoms with Gasteiger partial charge in [0.15, 0.2) is 4.80 Å². The third kappa shape index (κ3) is 4.23. The molecule has 0 aliphatic heterocycles. The van der Waals surface area contributed by atoms with Gasteiger partial charge in [0.1, 0.15) is 17.3 Å². The van der Waals surface area contributed by atoms with Crippen molar-refractivity contribution in [2.45, 2.75) is 13.5 Å². The maximum atomic E-state index is 14.4. The molecule has 3 aromatic rings. The second kappa shape index (κ2) is 8.99. The number of carbonyl (C=O) groups is 1. The molecule has 28 heavy (non-hydrogen) atoms. The van der Waals surface area contributed by atoms with Crippen molar-refractivity contribution in [3.05, 3.63) is 52.6 Å². The van der Waals surface area contributed by atoms with E-state index in [0.717, 1.165) is 0 Å². The molecule has 1 aromatic heterocycles. The highest BCUT2D eigenvalue weighted by Crippen LogP contribution is 2.24. The minimum Gasteiger partial charge on any atom is -0.497 e. The fourth-order valence-corrected chi connectivity index (χ4v) is 3.83. The molecule has 0 saturated heterocycles. The van der Waals surface area contributed by atoms with Crippen LogP contribution in [0.5, 0.6) is 11.5 Å². The molecule has 0 bridgehead atoms. The third-order valence-electron chi connectivity index (χ3n) is 4.11. The minimum atomic E-state index is -0.464. The van der Waals surface area contributed by atoms with Crippen LogP contribution >= 0.6 is 11.3 Å². The predicted molar refractivity (Wildman–Crippen MR) is 106 cm³/mol. The van der Waals surface area contributed by atoms with Gasteiger partial charge in [-0.1, -0.05) is 17.4 Å². The second-order valence-electron chi connectivity index (χ2n) is 5.84. The molecule has 0 atom stereocenters. The van der Waals surface area contributed by atoms with Crippen LogP contribution in [-0.2, 0) is 11.3 Å². The van der Waals surface area contributed by atoms with E-state index in [1.807, 2.05) is 6.92 Å². The largest absolute Gasteiger partial charge is 0.497 e. The van der Waals surface area contributed by atoms with Crippen LogP contribution in [0.2, 0.25) is 0 Å². The van der Waals surface area contributed by atoms with Crippen LogP contribution in [0, 0.1) is 5.82 Å². The lowest BCUT2D eigenvalue weighted by atomic mass is 10.2. The first kappa shape index (κ1) is 20.0. The summed E-state index contributed by atoms with van der Waals surface area (Å²) in [5.74, 6) is 0.158. The van der Waals surface area contributed by atoms with E-state index in [9.17, 15) is 9.18 Å². The number of fused-ring (bicyclic) bond motifs is 1. The number of hydrogen-bond acceptors (Lipinski definition) is 5. The average molecular weight is 404 g/mol. The summed E-state index contributed by atoms with van der Waals surface area (Å²) in [6, 6.07) is 9.69. The number of nitrogens with zero attached hydrogens (tertiary/aromatic N) is 2. The van der Waals surface area contributed by atoms with Gasteiger partial charge in [0.2, 0.25) is 0 Å². The van der Waals surface area contributed by atoms with Gasteiger partial charge in [0.05, 0.1) is 31.0 Å². The summed E-state index contributed by atoms with van der Waals surface area (Å²) in [5.41, 5.74) is 0.743. The molecule has 0 aliphatic carbocycles. The number of ether oxygens (including phenoxy) is 3. The number of carbonyl (C=O) groups excluding carboxylic acids is 1. The number of rotatable bonds is 7. The van der Waals surface area contributed by atoms with Gasteiger partial charge in [-0.05, 0) is 31.2 Å². The van der Waals surface area contributed by atoms with Gasteiger partial charge in [-0.15, -0.1) is 0 Å². The number of aromatic nitrogens is 1. The van der Waals surface area contributed by atoms with Crippen LogP contribution in [-0.4, -0.2) is 37.9 Å². The Bertz CT molecular complexity index is 1040. The maximum absolute atomic E-state index is 14.4. The Labute approximate surface area is 165 Å². The molecule has 8 heteroatoms. The number of hydrogen-bond donors (Lipinski definition) is 0. The molecule has 1 heterocycles. The van der Waals surface area contributed by atoms with Crippen LogP contribution < -0.4 is 14.3 Å². The first-order valence-electron chi connectivity index (χ1n) is 8.75. The molecule has 0 N–H and O–H groups in total. The molecule has 1 amide bonds. The van der Waals surface area contributed by atoms with Crippen molar-refractivity contribution in [2.75, 3.05) is 27.4 Å². The van der Waals surface area contributed by atoms with Gasteiger partial charge in [0.25, 0.3) is 5.91 Å². The zero-order valence-electron chi connectivity index (χ0n) is 15.9. The van der Waals surface area contributed by atoms with E-state index < -0.39 is 5.91 Å². The maximum Gasteiger partial charge on any atom is 0.279 e. The Morgan fingerprint density at radius 2 is 1.89 bits per heavy atom. The number of amides is 1. The number of methoxy groups -OCH3 is 2. The van der Waals surface area contributed by atoms with Crippen LogP contribution in [0.15, 0.2) is 41.4 Å².